The van der Waals surface area contributed by atoms with Crippen molar-refractivity contribution < 1.29 is 56.8 Å². The van der Waals surface area contributed by atoms with Crippen LogP contribution in [0.15, 0.2) is 97.2 Å². The van der Waals surface area contributed by atoms with Crippen molar-refractivity contribution in [1.29, 1.82) is 0 Å². The van der Waals surface area contributed by atoms with Gasteiger partial charge in [0.15, 0.2) is 12.4 Å². The Labute approximate surface area is 385 Å². The Kier molecular flexibility index (Phi) is 36.5. The Morgan fingerprint density at radius 1 is 0.547 bits per heavy atom. The van der Waals surface area contributed by atoms with Gasteiger partial charge in [-0.15, -0.1) is 0 Å². The predicted molar refractivity (Wildman–Crippen MR) is 256 cm³/mol. The molecule has 13 heteroatoms. The molecule has 1 aliphatic heterocycles. The Morgan fingerprint density at radius 3 is 1.52 bits per heavy atom. The molecule has 64 heavy (non-hydrogen) atoms. The molecule has 6 unspecified atom stereocenters. The molecule has 0 bridgehead atoms. The summed E-state index contributed by atoms with van der Waals surface area (Å²) in [5.74, 6) is -2.09. The van der Waals surface area contributed by atoms with E-state index < -0.39 is 71.2 Å². The molecule has 0 saturated carbocycles. The number of carbonyl (C=O) groups is 2. The van der Waals surface area contributed by atoms with Gasteiger partial charge in [0.1, 0.15) is 36.8 Å². The Hall–Kier alpha value is -3.43. The number of hydrogen-bond donors (Lipinski definition) is 4. The number of aliphatic hydroxyl groups excluding tert-OH is 3. The molecule has 364 valence electrons. The number of hydrogen-bond acceptors (Lipinski definition) is 11. The van der Waals surface area contributed by atoms with Crippen LogP contribution in [-0.2, 0) is 38.7 Å². The third-order valence-electron chi connectivity index (χ3n) is 10.1. The summed E-state index contributed by atoms with van der Waals surface area (Å²) in [6.45, 7) is 3.55. The summed E-state index contributed by atoms with van der Waals surface area (Å²) < 4.78 is 54.1. The standard InChI is InChI=1S/C51H82O12S/c1-3-5-7-9-11-13-15-17-19-21-22-24-25-27-29-31-33-35-37-39-46(52)60-41-44(42-61-51-50(56)49(55)48(54)45(63-51)43-64(57,58)59)62-47(53)40-38-36-34-32-30-28-26-23-20-18-16-14-12-10-8-6-4-2/h6,8,11-14,17-20,22,24,26,28,32,34,44-45,48-51,54-56H,3-5,7,9-10,15-16,21,23,25,27,29-31,33,35-43H2,1-2H3,(H,57,58,59)/b8-6-,13-11-,14-12-,19-17-,20-18-,24-22-,28-26-,34-32-. The summed E-state index contributed by atoms with van der Waals surface area (Å²) in [5, 5.41) is 30.9. The summed E-state index contributed by atoms with van der Waals surface area (Å²) in [7, 11) is -4.62. The summed E-state index contributed by atoms with van der Waals surface area (Å²) in [5.41, 5.74) is 0. The van der Waals surface area contributed by atoms with Gasteiger partial charge in [0.25, 0.3) is 10.1 Å². The highest BCUT2D eigenvalue weighted by molar-refractivity contribution is 7.85. The van der Waals surface area contributed by atoms with E-state index in [1.165, 1.54) is 25.7 Å². The van der Waals surface area contributed by atoms with Crippen molar-refractivity contribution in [3.8, 4) is 0 Å². The van der Waals surface area contributed by atoms with Crippen LogP contribution in [0.25, 0.3) is 0 Å². The van der Waals surface area contributed by atoms with Gasteiger partial charge in [-0.3, -0.25) is 14.1 Å². The molecule has 0 spiro atoms. The zero-order chi connectivity index (χ0) is 46.9. The van der Waals surface area contributed by atoms with Gasteiger partial charge < -0.3 is 34.3 Å². The van der Waals surface area contributed by atoms with Crippen molar-refractivity contribution in [2.24, 2.45) is 0 Å². The maximum Gasteiger partial charge on any atom is 0.306 e. The summed E-state index contributed by atoms with van der Waals surface area (Å²) in [6.07, 6.45) is 44.5. The van der Waals surface area contributed by atoms with Gasteiger partial charge in [-0.25, -0.2) is 0 Å². The van der Waals surface area contributed by atoms with Crippen LogP contribution in [0.5, 0.6) is 0 Å². The van der Waals surface area contributed by atoms with Crippen molar-refractivity contribution in [1.82, 2.24) is 0 Å². The minimum Gasteiger partial charge on any atom is -0.462 e. The van der Waals surface area contributed by atoms with Gasteiger partial charge in [-0.05, 0) is 89.9 Å². The van der Waals surface area contributed by atoms with Crippen LogP contribution in [0.4, 0.5) is 0 Å². The molecule has 0 aromatic carbocycles. The van der Waals surface area contributed by atoms with Crippen LogP contribution < -0.4 is 0 Å². The van der Waals surface area contributed by atoms with Crippen molar-refractivity contribution in [2.75, 3.05) is 19.0 Å². The van der Waals surface area contributed by atoms with Crippen LogP contribution >= 0.6 is 0 Å². The molecule has 1 aliphatic rings. The number of aliphatic hydroxyl groups is 3. The zero-order valence-corrected chi connectivity index (χ0v) is 39.7. The van der Waals surface area contributed by atoms with E-state index in [0.29, 0.717) is 19.3 Å². The molecule has 12 nitrogen and oxygen atoms in total. The largest absolute Gasteiger partial charge is 0.462 e. The SMILES string of the molecule is CC/C=C\C/C=C\C/C=C\C/C=C\C/C=C\CCCC(=O)OC(COC(=O)CCCCCCCC/C=C\C/C=C\C/C=C\CCCCC)COC1OC(CS(=O)(=O)O)C(O)C(O)C1O. The number of rotatable bonds is 38. The van der Waals surface area contributed by atoms with E-state index in [0.717, 1.165) is 83.5 Å². The van der Waals surface area contributed by atoms with Crippen LogP contribution in [-0.4, -0.2) is 96.0 Å². The van der Waals surface area contributed by atoms with Crippen LogP contribution in [0, 0.1) is 0 Å². The molecule has 1 rings (SSSR count). The lowest BCUT2D eigenvalue weighted by atomic mass is 10.00. The Bertz CT molecular complexity index is 1540. The first kappa shape index (κ1) is 58.6. The number of esters is 2. The minimum absolute atomic E-state index is 0.0770. The number of ether oxygens (including phenoxy) is 4. The van der Waals surface area contributed by atoms with Gasteiger partial charge in [0, 0.05) is 12.8 Å². The molecular weight excluding hydrogens is 837 g/mol. The van der Waals surface area contributed by atoms with Gasteiger partial charge in [0.05, 0.1) is 6.61 Å². The maximum atomic E-state index is 12.8. The van der Waals surface area contributed by atoms with E-state index in [2.05, 4.69) is 98.9 Å². The fourth-order valence-electron chi connectivity index (χ4n) is 6.48. The average Bonchev–Trinajstić information content (AvgIpc) is 3.26. The summed E-state index contributed by atoms with van der Waals surface area (Å²) in [4.78, 5) is 25.4. The average molecular weight is 919 g/mol. The van der Waals surface area contributed by atoms with Gasteiger partial charge in [-0.1, -0.05) is 150 Å². The van der Waals surface area contributed by atoms with E-state index in [1.54, 1.807) is 0 Å². The van der Waals surface area contributed by atoms with Crippen LogP contribution in [0.2, 0.25) is 0 Å². The van der Waals surface area contributed by atoms with Crippen molar-refractivity contribution in [2.45, 2.75) is 192 Å². The van der Waals surface area contributed by atoms with E-state index in [4.69, 9.17) is 18.9 Å². The minimum atomic E-state index is -4.62. The first-order chi connectivity index (χ1) is 31.0. The normalized spacial score (nSPS) is 20.5. The third-order valence-corrected chi connectivity index (χ3v) is 10.9. The molecule has 6 atom stereocenters. The van der Waals surface area contributed by atoms with Crippen molar-refractivity contribution in [3.05, 3.63) is 97.2 Å². The molecule has 4 N–H and O–H groups in total. The second-order valence-corrected chi connectivity index (χ2v) is 17.5. The second kappa shape index (κ2) is 39.9. The van der Waals surface area contributed by atoms with Gasteiger partial charge in [0.2, 0.25) is 0 Å². The fraction of sp³-hybridized carbons (Fsp3) is 0.647. The zero-order valence-electron chi connectivity index (χ0n) is 38.8. The predicted octanol–water partition coefficient (Wildman–Crippen LogP) is 10.2. The highest BCUT2D eigenvalue weighted by Gasteiger charge is 2.46. The molecular formula is C51H82O12S. The number of unbranched alkanes of at least 4 members (excludes halogenated alkanes) is 10. The molecule has 0 aliphatic carbocycles. The number of allylic oxidation sites excluding steroid dienone is 16. The molecule has 0 aromatic heterocycles. The third kappa shape index (κ3) is 34.0. The quantitative estimate of drug-likeness (QED) is 0.0199. The monoisotopic (exact) mass is 919 g/mol. The summed E-state index contributed by atoms with van der Waals surface area (Å²) >= 11 is 0. The molecule has 1 fully saturated rings. The lowest BCUT2D eigenvalue weighted by Gasteiger charge is -2.40. The smallest absolute Gasteiger partial charge is 0.306 e. The summed E-state index contributed by atoms with van der Waals surface area (Å²) in [6, 6.07) is 0. The van der Waals surface area contributed by atoms with E-state index >= 15 is 0 Å². The van der Waals surface area contributed by atoms with E-state index in [9.17, 15) is 37.9 Å². The molecule has 0 radical (unpaired) electrons. The molecule has 1 saturated heterocycles. The molecule has 0 amide bonds. The lowest BCUT2D eigenvalue weighted by Crippen LogP contribution is -2.60. The topological polar surface area (TPSA) is 186 Å². The Morgan fingerprint density at radius 2 is 1.00 bits per heavy atom. The Balaban J connectivity index is 2.48. The fourth-order valence-corrected chi connectivity index (χ4v) is 7.17. The van der Waals surface area contributed by atoms with E-state index in [-0.39, 0.29) is 19.4 Å². The van der Waals surface area contributed by atoms with Gasteiger partial charge >= 0.3 is 11.9 Å². The lowest BCUT2D eigenvalue weighted by molar-refractivity contribution is -0.297. The second-order valence-electron chi connectivity index (χ2n) is 16.0. The maximum absolute atomic E-state index is 12.8. The first-order valence-corrected chi connectivity index (χ1v) is 25.4. The molecule has 0 aromatic rings. The van der Waals surface area contributed by atoms with Crippen molar-refractivity contribution >= 4 is 22.1 Å². The highest BCUT2D eigenvalue weighted by atomic mass is 32.2. The van der Waals surface area contributed by atoms with Crippen LogP contribution in [0.1, 0.15) is 155 Å². The van der Waals surface area contributed by atoms with Crippen molar-refractivity contribution in [3.63, 3.8) is 0 Å². The molecule has 1 heterocycles. The first-order valence-electron chi connectivity index (χ1n) is 23.8. The van der Waals surface area contributed by atoms with E-state index in [1.807, 2.05) is 12.2 Å². The number of carbonyl (C=O) groups excluding carboxylic acids is 2. The highest BCUT2D eigenvalue weighted by Crippen LogP contribution is 2.24. The van der Waals surface area contributed by atoms with Gasteiger partial charge in [-0.2, -0.15) is 8.42 Å². The van der Waals surface area contributed by atoms with Crippen LogP contribution in [0.3, 0.4) is 0 Å².